The van der Waals surface area contributed by atoms with Gasteiger partial charge < -0.3 is 15.1 Å². The molecule has 0 unspecified atom stereocenters. The molecule has 0 spiro atoms. The molecule has 1 aromatic rings. The second kappa shape index (κ2) is 8.66. The van der Waals surface area contributed by atoms with E-state index in [4.69, 9.17) is 4.98 Å². The SMILES string of the molecule is CC[C@@H]1C(=O)N(C)c2cnc(NCCC3CCCCC3)nc2N1C1CCCC1. The van der Waals surface area contributed by atoms with E-state index in [1.54, 1.807) is 4.90 Å². The van der Waals surface area contributed by atoms with Gasteiger partial charge in [-0.1, -0.05) is 51.9 Å². The molecule has 0 aromatic carbocycles. The third-order valence-electron chi connectivity index (χ3n) is 6.97. The third kappa shape index (κ3) is 3.83. The van der Waals surface area contributed by atoms with Crippen LogP contribution in [0.1, 0.15) is 77.6 Å². The lowest BCUT2D eigenvalue weighted by atomic mass is 9.87. The van der Waals surface area contributed by atoms with E-state index in [0.717, 1.165) is 43.2 Å². The third-order valence-corrected chi connectivity index (χ3v) is 6.97. The normalized spacial score (nSPS) is 23.9. The molecule has 2 heterocycles. The van der Waals surface area contributed by atoms with Crippen LogP contribution in [-0.4, -0.2) is 41.6 Å². The minimum absolute atomic E-state index is 0.106. The summed E-state index contributed by atoms with van der Waals surface area (Å²) in [5.74, 6) is 2.66. The van der Waals surface area contributed by atoms with Crippen LogP contribution in [-0.2, 0) is 4.79 Å². The number of nitrogens with one attached hydrogen (secondary N) is 1. The van der Waals surface area contributed by atoms with Crippen molar-refractivity contribution in [3.63, 3.8) is 0 Å². The summed E-state index contributed by atoms with van der Waals surface area (Å²) in [7, 11) is 1.86. The number of nitrogens with zero attached hydrogens (tertiary/aromatic N) is 4. The maximum Gasteiger partial charge on any atom is 0.249 e. The minimum atomic E-state index is -0.106. The smallest absolute Gasteiger partial charge is 0.249 e. The van der Waals surface area contributed by atoms with Gasteiger partial charge in [0.25, 0.3) is 0 Å². The summed E-state index contributed by atoms with van der Waals surface area (Å²) < 4.78 is 0. The molecule has 2 aliphatic carbocycles. The second-order valence-corrected chi connectivity index (χ2v) is 8.79. The van der Waals surface area contributed by atoms with E-state index >= 15 is 0 Å². The Balaban J connectivity index is 1.52. The van der Waals surface area contributed by atoms with E-state index in [0.29, 0.717) is 12.0 Å². The highest BCUT2D eigenvalue weighted by Gasteiger charge is 2.41. The number of hydrogen-bond acceptors (Lipinski definition) is 5. The van der Waals surface area contributed by atoms with E-state index in [1.165, 1.54) is 51.4 Å². The van der Waals surface area contributed by atoms with Crippen LogP contribution in [0.5, 0.6) is 0 Å². The summed E-state index contributed by atoms with van der Waals surface area (Å²) in [5, 5.41) is 3.46. The predicted octanol–water partition coefficient (Wildman–Crippen LogP) is 4.36. The Morgan fingerprint density at radius 3 is 2.54 bits per heavy atom. The van der Waals surface area contributed by atoms with Gasteiger partial charge in [0.2, 0.25) is 11.9 Å². The molecule has 1 aromatic heterocycles. The van der Waals surface area contributed by atoms with Gasteiger partial charge in [-0.3, -0.25) is 4.79 Å². The molecule has 1 aliphatic heterocycles. The van der Waals surface area contributed by atoms with Crippen molar-refractivity contribution < 1.29 is 4.79 Å². The van der Waals surface area contributed by atoms with Gasteiger partial charge in [0, 0.05) is 19.6 Å². The molecule has 6 heteroatoms. The number of anilines is 3. The van der Waals surface area contributed by atoms with Crippen LogP contribution in [0.15, 0.2) is 6.20 Å². The van der Waals surface area contributed by atoms with E-state index in [2.05, 4.69) is 22.1 Å². The molecule has 3 aliphatic rings. The van der Waals surface area contributed by atoms with Crippen LogP contribution in [0.25, 0.3) is 0 Å². The van der Waals surface area contributed by atoms with Crippen molar-refractivity contribution in [3.8, 4) is 0 Å². The van der Waals surface area contributed by atoms with Gasteiger partial charge in [0.15, 0.2) is 5.82 Å². The number of amides is 1. The number of fused-ring (bicyclic) bond motifs is 1. The van der Waals surface area contributed by atoms with E-state index in [-0.39, 0.29) is 11.9 Å². The van der Waals surface area contributed by atoms with Crippen LogP contribution in [0.2, 0.25) is 0 Å². The van der Waals surface area contributed by atoms with Crippen molar-refractivity contribution in [1.29, 1.82) is 0 Å². The molecule has 2 fully saturated rings. The van der Waals surface area contributed by atoms with E-state index in [1.807, 2.05) is 13.2 Å². The number of rotatable bonds is 6. The lowest BCUT2D eigenvalue weighted by molar-refractivity contribution is -0.120. The average molecular weight is 386 g/mol. The lowest BCUT2D eigenvalue weighted by Gasteiger charge is -2.43. The summed E-state index contributed by atoms with van der Waals surface area (Å²) in [6, 6.07) is 0.317. The van der Waals surface area contributed by atoms with Gasteiger partial charge in [0.05, 0.1) is 6.20 Å². The standard InChI is InChI=1S/C22H35N5O/c1-3-18-21(28)26(2)19-15-24-22(23-14-13-16-9-5-4-6-10-16)25-20(19)27(18)17-11-7-8-12-17/h15-18H,3-14H2,1-2H3,(H,23,24,25)/t18-/m1/s1. The van der Waals surface area contributed by atoms with Gasteiger partial charge in [-0.15, -0.1) is 0 Å². The topological polar surface area (TPSA) is 61.4 Å². The Bertz CT molecular complexity index is 682. The molecule has 2 saturated carbocycles. The fourth-order valence-corrected chi connectivity index (χ4v) is 5.33. The Morgan fingerprint density at radius 2 is 1.82 bits per heavy atom. The molecule has 0 bridgehead atoms. The molecule has 4 rings (SSSR count). The van der Waals surface area contributed by atoms with Crippen molar-refractivity contribution in [3.05, 3.63) is 6.20 Å². The summed E-state index contributed by atoms with van der Waals surface area (Å²) in [5.41, 5.74) is 0.847. The van der Waals surface area contributed by atoms with Crippen molar-refractivity contribution in [2.75, 3.05) is 28.7 Å². The summed E-state index contributed by atoms with van der Waals surface area (Å²) in [6.07, 6.45) is 15.5. The van der Waals surface area contributed by atoms with Crippen LogP contribution in [0, 0.1) is 5.92 Å². The fraction of sp³-hybridized carbons (Fsp3) is 0.773. The summed E-state index contributed by atoms with van der Waals surface area (Å²) in [4.78, 5) is 26.4. The fourth-order valence-electron chi connectivity index (χ4n) is 5.33. The van der Waals surface area contributed by atoms with E-state index in [9.17, 15) is 4.79 Å². The van der Waals surface area contributed by atoms with Crippen LogP contribution in [0.3, 0.4) is 0 Å². The Labute approximate surface area is 169 Å². The van der Waals surface area contributed by atoms with Crippen LogP contribution >= 0.6 is 0 Å². The number of aromatic nitrogens is 2. The van der Waals surface area contributed by atoms with Gasteiger partial charge in [-0.25, -0.2) is 4.98 Å². The Hall–Kier alpha value is -1.85. The van der Waals surface area contributed by atoms with Gasteiger partial charge in [-0.05, 0) is 31.6 Å². The van der Waals surface area contributed by atoms with Gasteiger partial charge in [0.1, 0.15) is 11.7 Å². The summed E-state index contributed by atoms with van der Waals surface area (Å²) in [6.45, 7) is 3.03. The molecule has 1 amide bonds. The zero-order chi connectivity index (χ0) is 19.5. The highest BCUT2D eigenvalue weighted by atomic mass is 16.2. The maximum atomic E-state index is 12.9. The molecule has 6 nitrogen and oxygen atoms in total. The number of likely N-dealkylation sites (N-methyl/N-ethyl adjacent to an activating group) is 1. The summed E-state index contributed by atoms with van der Waals surface area (Å²) >= 11 is 0. The number of carbonyl (C=O) groups excluding carboxylic acids is 1. The van der Waals surface area contributed by atoms with Crippen molar-refractivity contribution in [2.24, 2.45) is 5.92 Å². The zero-order valence-electron chi connectivity index (χ0n) is 17.5. The molecule has 0 radical (unpaired) electrons. The van der Waals surface area contributed by atoms with Gasteiger partial charge >= 0.3 is 0 Å². The highest BCUT2D eigenvalue weighted by molar-refractivity contribution is 6.04. The highest BCUT2D eigenvalue weighted by Crippen LogP contribution is 2.39. The molecule has 154 valence electrons. The molecule has 1 atom stereocenters. The van der Waals surface area contributed by atoms with E-state index < -0.39 is 0 Å². The molecule has 1 N–H and O–H groups in total. The first kappa shape index (κ1) is 19.5. The molecular weight excluding hydrogens is 350 g/mol. The average Bonchev–Trinajstić information content (AvgIpc) is 3.25. The lowest BCUT2D eigenvalue weighted by Crippen LogP contribution is -2.55. The Morgan fingerprint density at radius 1 is 1.11 bits per heavy atom. The molecule has 28 heavy (non-hydrogen) atoms. The van der Waals surface area contributed by atoms with Crippen molar-refractivity contribution >= 4 is 23.4 Å². The number of carbonyl (C=O) groups is 1. The quantitative estimate of drug-likeness (QED) is 0.788. The number of hydrogen-bond donors (Lipinski definition) is 1. The maximum absolute atomic E-state index is 12.9. The minimum Gasteiger partial charge on any atom is -0.354 e. The van der Waals surface area contributed by atoms with Gasteiger partial charge in [-0.2, -0.15) is 4.98 Å². The Kier molecular flexibility index (Phi) is 6.02. The van der Waals surface area contributed by atoms with Crippen molar-refractivity contribution in [2.45, 2.75) is 89.6 Å². The van der Waals surface area contributed by atoms with Crippen LogP contribution in [0.4, 0.5) is 17.5 Å². The van der Waals surface area contributed by atoms with Crippen LogP contribution < -0.4 is 15.1 Å². The molecular formula is C22H35N5O. The largest absolute Gasteiger partial charge is 0.354 e. The molecule has 0 saturated heterocycles. The first-order valence-electron chi connectivity index (χ1n) is 11.4. The monoisotopic (exact) mass is 385 g/mol. The van der Waals surface area contributed by atoms with Crippen molar-refractivity contribution in [1.82, 2.24) is 9.97 Å². The first-order chi connectivity index (χ1) is 13.7. The first-order valence-corrected chi connectivity index (χ1v) is 11.4. The second-order valence-electron chi connectivity index (χ2n) is 8.79. The predicted molar refractivity (Wildman–Crippen MR) is 114 cm³/mol. The zero-order valence-corrected chi connectivity index (χ0v) is 17.5.